The molecule has 0 spiro atoms. The highest BCUT2D eigenvalue weighted by Crippen LogP contribution is 2.11. The van der Waals surface area contributed by atoms with E-state index in [1.54, 1.807) is 12.1 Å². The highest BCUT2D eigenvalue weighted by atomic mass is 19.1. The molecular formula is C12H16FNO2. The second-order valence-corrected chi connectivity index (χ2v) is 3.79. The standard InChI is InChI=1S/C12H16FNO2/c13-10-2-1-3-11(8-10)15-6-7-16-12-4-5-14-9-12/h1-3,8,12,14H,4-7,9H2. The first-order valence-corrected chi connectivity index (χ1v) is 5.55. The van der Waals surface area contributed by atoms with Gasteiger partial charge in [-0.1, -0.05) is 6.07 Å². The van der Waals surface area contributed by atoms with E-state index >= 15 is 0 Å². The van der Waals surface area contributed by atoms with Crippen LogP contribution in [-0.4, -0.2) is 32.4 Å². The molecule has 0 amide bonds. The monoisotopic (exact) mass is 225 g/mol. The van der Waals surface area contributed by atoms with Crippen LogP contribution in [0.2, 0.25) is 0 Å². The number of ether oxygens (including phenoxy) is 2. The van der Waals surface area contributed by atoms with Crippen molar-refractivity contribution in [3.05, 3.63) is 30.1 Å². The number of halogens is 1. The number of hydrogen-bond acceptors (Lipinski definition) is 3. The Labute approximate surface area is 94.6 Å². The van der Waals surface area contributed by atoms with Gasteiger partial charge >= 0.3 is 0 Å². The molecule has 88 valence electrons. The minimum Gasteiger partial charge on any atom is -0.491 e. The smallest absolute Gasteiger partial charge is 0.126 e. The van der Waals surface area contributed by atoms with Gasteiger partial charge in [0.25, 0.3) is 0 Å². The Balaban J connectivity index is 1.64. The lowest BCUT2D eigenvalue weighted by molar-refractivity contribution is 0.0455. The third-order valence-electron chi connectivity index (χ3n) is 2.52. The Hall–Kier alpha value is -1.13. The maximum atomic E-state index is 12.8. The van der Waals surface area contributed by atoms with Crippen LogP contribution >= 0.6 is 0 Å². The van der Waals surface area contributed by atoms with Crippen molar-refractivity contribution in [1.29, 1.82) is 0 Å². The van der Waals surface area contributed by atoms with Crippen LogP contribution in [0.15, 0.2) is 24.3 Å². The highest BCUT2D eigenvalue weighted by molar-refractivity contribution is 5.22. The summed E-state index contributed by atoms with van der Waals surface area (Å²) in [5.41, 5.74) is 0. The van der Waals surface area contributed by atoms with Crippen molar-refractivity contribution >= 4 is 0 Å². The van der Waals surface area contributed by atoms with Gasteiger partial charge in [-0.2, -0.15) is 0 Å². The van der Waals surface area contributed by atoms with Gasteiger partial charge in [-0.15, -0.1) is 0 Å². The molecule has 0 aliphatic carbocycles. The van der Waals surface area contributed by atoms with Crippen LogP contribution in [0, 0.1) is 5.82 Å². The molecule has 0 radical (unpaired) electrons. The summed E-state index contributed by atoms with van der Waals surface area (Å²) >= 11 is 0. The first-order valence-electron chi connectivity index (χ1n) is 5.55. The number of hydrogen-bond donors (Lipinski definition) is 1. The van der Waals surface area contributed by atoms with E-state index in [-0.39, 0.29) is 5.82 Å². The Bertz CT molecular complexity index is 327. The van der Waals surface area contributed by atoms with Crippen molar-refractivity contribution in [2.24, 2.45) is 0 Å². The van der Waals surface area contributed by atoms with Gasteiger partial charge in [0.1, 0.15) is 18.2 Å². The van der Waals surface area contributed by atoms with E-state index in [1.165, 1.54) is 12.1 Å². The summed E-state index contributed by atoms with van der Waals surface area (Å²) in [6, 6.07) is 6.14. The Morgan fingerprint density at radius 2 is 2.31 bits per heavy atom. The fraction of sp³-hybridized carbons (Fsp3) is 0.500. The molecule has 1 unspecified atom stereocenters. The lowest BCUT2D eigenvalue weighted by atomic mass is 10.3. The van der Waals surface area contributed by atoms with Crippen LogP contribution in [0.3, 0.4) is 0 Å². The van der Waals surface area contributed by atoms with Crippen molar-refractivity contribution < 1.29 is 13.9 Å². The summed E-state index contributed by atoms with van der Waals surface area (Å²) < 4.78 is 23.7. The number of benzene rings is 1. The average Bonchev–Trinajstić information content (AvgIpc) is 2.77. The third kappa shape index (κ3) is 3.47. The Morgan fingerprint density at radius 3 is 3.06 bits per heavy atom. The third-order valence-corrected chi connectivity index (χ3v) is 2.52. The predicted octanol–water partition coefficient (Wildman–Crippen LogP) is 1.58. The molecule has 1 fully saturated rings. The van der Waals surface area contributed by atoms with E-state index < -0.39 is 0 Å². The fourth-order valence-electron chi connectivity index (χ4n) is 1.70. The van der Waals surface area contributed by atoms with Crippen molar-refractivity contribution in [3.8, 4) is 5.75 Å². The van der Waals surface area contributed by atoms with Crippen LogP contribution in [0.1, 0.15) is 6.42 Å². The van der Waals surface area contributed by atoms with Crippen LogP contribution < -0.4 is 10.1 Å². The van der Waals surface area contributed by atoms with Crippen LogP contribution in [-0.2, 0) is 4.74 Å². The average molecular weight is 225 g/mol. The Kier molecular flexibility index (Phi) is 4.13. The molecule has 1 aromatic rings. The van der Waals surface area contributed by atoms with Crippen molar-refractivity contribution in [2.45, 2.75) is 12.5 Å². The summed E-state index contributed by atoms with van der Waals surface area (Å²) in [7, 11) is 0. The zero-order chi connectivity index (χ0) is 11.2. The first-order chi connectivity index (χ1) is 7.84. The molecule has 1 heterocycles. The van der Waals surface area contributed by atoms with E-state index in [0.29, 0.717) is 25.1 Å². The van der Waals surface area contributed by atoms with Gasteiger partial charge in [-0.3, -0.25) is 0 Å². The molecule has 1 aliphatic rings. The van der Waals surface area contributed by atoms with Gasteiger partial charge < -0.3 is 14.8 Å². The van der Waals surface area contributed by atoms with Gasteiger partial charge in [0.15, 0.2) is 0 Å². The topological polar surface area (TPSA) is 30.5 Å². The molecule has 0 saturated carbocycles. The molecule has 0 aromatic heterocycles. The summed E-state index contributed by atoms with van der Waals surface area (Å²) in [6.07, 6.45) is 1.36. The van der Waals surface area contributed by atoms with Crippen LogP contribution in [0.25, 0.3) is 0 Å². The van der Waals surface area contributed by atoms with Gasteiger partial charge in [0, 0.05) is 12.6 Å². The SMILES string of the molecule is Fc1cccc(OCCOC2CCNC2)c1. The molecule has 0 bridgehead atoms. The second-order valence-electron chi connectivity index (χ2n) is 3.79. The van der Waals surface area contributed by atoms with E-state index in [4.69, 9.17) is 9.47 Å². The molecule has 1 N–H and O–H groups in total. The molecule has 2 rings (SSSR count). The maximum Gasteiger partial charge on any atom is 0.126 e. The first kappa shape index (κ1) is 11.4. The van der Waals surface area contributed by atoms with E-state index in [1.807, 2.05) is 0 Å². The van der Waals surface area contributed by atoms with Gasteiger partial charge in [0.05, 0.1) is 12.7 Å². The van der Waals surface area contributed by atoms with Gasteiger partial charge in [-0.25, -0.2) is 4.39 Å². The molecule has 4 heteroatoms. The number of nitrogens with one attached hydrogen (secondary N) is 1. The zero-order valence-corrected chi connectivity index (χ0v) is 9.12. The maximum absolute atomic E-state index is 12.8. The van der Waals surface area contributed by atoms with Crippen molar-refractivity contribution in [3.63, 3.8) is 0 Å². The largest absolute Gasteiger partial charge is 0.491 e. The Morgan fingerprint density at radius 1 is 1.38 bits per heavy atom. The van der Waals surface area contributed by atoms with E-state index in [0.717, 1.165) is 19.5 Å². The molecule has 1 aromatic carbocycles. The predicted molar refractivity (Wildman–Crippen MR) is 59.1 cm³/mol. The van der Waals surface area contributed by atoms with E-state index in [2.05, 4.69) is 5.32 Å². The molecule has 1 saturated heterocycles. The summed E-state index contributed by atoms with van der Waals surface area (Å²) in [6.45, 7) is 2.94. The van der Waals surface area contributed by atoms with E-state index in [9.17, 15) is 4.39 Å². The van der Waals surface area contributed by atoms with Crippen LogP contribution in [0.5, 0.6) is 5.75 Å². The van der Waals surface area contributed by atoms with Gasteiger partial charge in [-0.05, 0) is 25.1 Å². The molecular weight excluding hydrogens is 209 g/mol. The zero-order valence-electron chi connectivity index (χ0n) is 9.12. The summed E-state index contributed by atoms with van der Waals surface area (Å²) in [4.78, 5) is 0. The molecule has 16 heavy (non-hydrogen) atoms. The summed E-state index contributed by atoms with van der Waals surface area (Å²) in [5.74, 6) is 0.270. The minimum atomic E-state index is -0.279. The molecule has 1 aliphatic heterocycles. The lowest BCUT2D eigenvalue weighted by Gasteiger charge is -2.11. The van der Waals surface area contributed by atoms with Gasteiger partial charge in [0.2, 0.25) is 0 Å². The quantitative estimate of drug-likeness (QED) is 0.772. The number of rotatable bonds is 5. The molecule has 3 nitrogen and oxygen atoms in total. The highest BCUT2D eigenvalue weighted by Gasteiger charge is 2.13. The lowest BCUT2D eigenvalue weighted by Crippen LogP contribution is -2.19. The van der Waals surface area contributed by atoms with Crippen LogP contribution in [0.4, 0.5) is 4.39 Å². The minimum absolute atomic E-state index is 0.279. The fourth-order valence-corrected chi connectivity index (χ4v) is 1.70. The van der Waals surface area contributed by atoms with Crippen molar-refractivity contribution in [1.82, 2.24) is 5.32 Å². The summed E-state index contributed by atoms with van der Waals surface area (Å²) in [5, 5.41) is 3.22. The second kappa shape index (κ2) is 5.82. The van der Waals surface area contributed by atoms with Crippen molar-refractivity contribution in [2.75, 3.05) is 26.3 Å². The normalized spacial score (nSPS) is 19.9. The molecule has 1 atom stereocenters.